The first kappa shape index (κ1) is 14.9. The van der Waals surface area contributed by atoms with E-state index in [1.165, 1.54) is 11.9 Å². The maximum Gasteiger partial charge on any atom is 0.260 e. The van der Waals surface area contributed by atoms with Crippen LogP contribution >= 0.6 is 0 Å². The van der Waals surface area contributed by atoms with Gasteiger partial charge in [0, 0.05) is 12.7 Å². The first-order chi connectivity index (χ1) is 9.90. The largest absolute Gasteiger partial charge is 0.396 e. The first-order valence-electron chi connectivity index (χ1n) is 6.31. The molecule has 0 fully saturated rings. The molecule has 6 heteroatoms. The van der Waals surface area contributed by atoms with Crippen LogP contribution in [0.2, 0.25) is 0 Å². The Kier molecular flexibility index (Phi) is 4.16. The summed E-state index contributed by atoms with van der Waals surface area (Å²) in [6, 6.07) is 7.43. The fourth-order valence-corrected chi connectivity index (χ4v) is 1.96. The number of nitrogen functional groups attached to an aromatic ring is 1. The van der Waals surface area contributed by atoms with Crippen molar-refractivity contribution in [3.8, 4) is 0 Å². The number of amides is 1. The monoisotopic (exact) mass is 291 g/mol. The molecule has 0 unspecified atom stereocenters. The first-order valence-corrected chi connectivity index (χ1v) is 6.31. The van der Waals surface area contributed by atoms with E-state index in [4.69, 9.17) is 5.73 Å². The molecule has 0 saturated carbocycles. The van der Waals surface area contributed by atoms with Crippen LogP contribution in [0.15, 0.2) is 30.3 Å². The van der Waals surface area contributed by atoms with E-state index in [-0.39, 0.29) is 12.2 Å². The highest BCUT2D eigenvalue weighted by atomic mass is 19.1. The summed E-state index contributed by atoms with van der Waals surface area (Å²) >= 11 is 0. The van der Waals surface area contributed by atoms with Crippen molar-refractivity contribution in [2.75, 3.05) is 12.8 Å². The van der Waals surface area contributed by atoms with Crippen molar-refractivity contribution in [3.63, 3.8) is 0 Å². The molecular weight excluding hydrogens is 276 g/mol. The molecule has 1 amide bonds. The molecular formula is C15H15F2N3O. The van der Waals surface area contributed by atoms with E-state index in [1.807, 2.05) is 13.0 Å². The summed E-state index contributed by atoms with van der Waals surface area (Å²) in [6.07, 6.45) is 0. The molecule has 4 nitrogen and oxygen atoms in total. The maximum absolute atomic E-state index is 13.8. The van der Waals surface area contributed by atoms with Gasteiger partial charge >= 0.3 is 0 Å². The highest BCUT2D eigenvalue weighted by Gasteiger charge is 2.23. The Balaban J connectivity index is 2.26. The standard InChI is InChI=1S/C15H15F2N3O/c1-9-4-3-5-10(19-9)8-20(2)15(21)13-11(16)6-7-12(18)14(13)17/h3-7H,8,18H2,1-2H3. The van der Waals surface area contributed by atoms with Gasteiger partial charge in [-0.1, -0.05) is 6.07 Å². The number of aryl methyl sites for hydroxylation is 1. The number of rotatable bonds is 3. The van der Waals surface area contributed by atoms with Crippen molar-refractivity contribution >= 4 is 11.6 Å². The van der Waals surface area contributed by atoms with Crippen LogP contribution in [0.3, 0.4) is 0 Å². The van der Waals surface area contributed by atoms with Crippen molar-refractivity contribution < 1.29 is 13.6 Å². The molecule has 0 spiro atoms. The van der Waals surface area contributed by atoms with E-state index < -0.39 is 23.1 Å². The number of benzene rings is 1. The Morgan fingerprint density at radius 1 is 1.29 bits per heavy atom. The zero-order valence-corrected chi connectivity index (χ0v) is 11.7. The quantitative estimate of drug-likeness (QED) is 0.884. The van der Waals surface area contributed by atoms with Gasteiger partial charge in [-0.25, -0.2) is 8.78 Å². The van der Waals surface area contributed by atoms with E-state index in [0.29, 0.717) is 5.69 Å². The summed E-state index contributed by atoms with van der Waals surface area (Å²) in [5.74, 6) is -2.75. The second kappa shape index (κ2) is 5.87. The number of hydrogen-bond acceptors (Lipinski definition) is 3. The third-order valence-corrected chi connectivity index (χ3v) is 3.03. The SMILES string of the molecule is Cc1cccc(CN(C)C(=O)c2c(F)ccc(N)c2F)n1. The second-order valence-corrected chi connectivity index (χ2v) is 4.76. The average molecular weight is 291 g/mol. The van der Waals surface area contributed by atoms with Crippen LogP contribution in [-0.4, -0.2) is 22.8 Å². The third kappa shape index (κ3) is 3.16. The summed E-state index contributed by atoms with van der Waals surface area (Å²) in [4.78, 5) is 17.6. The van der Waals surface area contributed by atoms with Crippen LogP contribution in [0.25, 0.3) is 0 Å². The van der Waals surface area contributed by atoms with E-state index in [9.17, 15) is 13.6 Å². The number of halogens is 2. The van der Waals surface area contributed by atoms with Crippen LogP contribution in [0.4, 0.5) is 14.5 Å². The van der Waals surface area contributed by atoms with E-state index in [0.717, 1.165) is 17.8 Å². The van der Waals surface area contributed by atoms with Gasteiger partial charge in [0.1, 0.15) is 11.4 Å². The summed E-state index contributed by atoms with van der Waals surface area (Å²) in [7, 11) is 1.45. The second-order valence-electron chi connectivity index (χ2n) is 4.76. The molecule has 2 N–H and O–H groups in total. The Labute approximate surface area is 121 Å². The third-order valence-electron chi connectivity index (χ3n) is 3.03. The Bertz CT molecular complexity index is 689. The van der Waals surface area contributed by atoms with Crippen LogP contribution in [0.5, 0.6) is 0 Å². The van der Waals surface area contributed by atoms with Gasteiger partial charge in [0.05, 0.1) is 17.9 Å². The zero-order valence-electron chi connectivity index (χ0n) is 11.7. The van der Waals surface area contributed by atoms with Crippen LogP contribution < -0.4 is 5.73 Å². The van der Waals surface area contributed by atoms with Crippen molar-refractivity contribution in [1.29, 1.82) is 0 Å². The highest BCUT2D eigenvalue weighted by Crippen LogP contribution is 2.20. The number of anilines is 1. The predicted molar refractivity (Wildman–Crippen MR) is 75.5 cm³/mol. The van der Waals surface area contributed by atoms with Crippen molar-refractivity contribution in [1.82, 2.24) is 9.88 Å². The number of aromatic nitrogens is 1. The van der Waals surface area contributed by atoms with Gasteiger partial charge in [0.25, 0.3) is 5.91 Å². The lowest BCUT2D eigenvalue weighted by molar-refractivity contribution is 0.0773. The lowest BCUT2D eigenvalue weighted by Gasteiger charge is -2.18. The van der Waals surface area contributed by atoms with Crippen molar-refractivity contribution in [2.24, 2.45) is 0 Å². The molecule has 0 aliphatic rings. The number of nitrogens with two attached hydrogens (primary N) is 1. The lowest BCUT2D eigenvalue weighted by atomic mass is 10.1. The van der Waals surface area contributed by atoms with Crippen LogP contribution in [0.1, 0.15) is 21.7 Å². The zero-order chi connectivity index (χ0) is 15.6. The fourth-order valence-electron chi connectivity index (χ4n) is 1.96. The lowest BCUT2D eigenvalue weighted by Crippen LogP contribution is -2.28. The number of carbonyl (C=O) groups is 1. The summed E-state index contributed by atoms with van der Waals surface area (Å²) in [6.45, 7) is 1.97. The number of carbonyl (C=O) groups excluding carboxylic acids is 1. The van der Waals surface area contributed by atoms with Gasteiger partial charge in [-0.15, -0.1) is 0 Å². The minimum atomic E-state index is -1.04. The number of nitrogens with zero attached hydrogens (tertiary/aromatic N) is 2. The van der Waals surface area contributed by atoms with Crippen LogP contribution in [-0.2, 0) is 6.54 Å². The van der Waals surface area contributed by atoms with E-state index >= 15 is 0 Å². The minimum Gasteiger partial charge on any atom is -0.396 e. The average Bonchev–Trinajstić information content (AvgIpc) is 2.43. The van der Waals surface area contributed by atoms with Gasteiger partial charge in [-0.3, -0.25) is 9.78 Å². The van der Waals surface area contributed by atoms with Gasteiger partial charge in [-0.05, 0) is 31.2 Å². The minimum absolute atomic E-state index is 0.147. The normalized spacial score (nSPS) is 10.5. The Morgan fingerprint density at radius 3 is 2.67 bits per heavy atom. The summed E-state index contributed by atoms with van der Waals surface area (Å²) in [5, 5.41) is 0. The molecule has 0 aliphatic carbocycles. The summed E-state index contributed by atoms with van der Waals surface area (Å²) in [5.41, 5.74) is 5.90. The molecule has 21 heavy (non-hydrogen) atoms. The number of hydrogen-bond donors (Lipinski definition) is 1. The van der Waals surface area contributed by atoms with Crippen LogP contribution in [0, 0.1) is 18.6 Å². The Hall–Kier alpha value is -2.50. The Morgan fingerprint density at radius 2 is 2.00 bits per heavy atom. The topological polar surface area (TPSA) is 59.2 Å². The van der Waals surface area contributed by atoms with E-state index in [1.54, 1.807) is 12.1 Å². The van der Waals surface area contributed by atoms with Crippen molar-refractivity contribution in [3.05, 3.63) is 58.9 Å². The fraction of sp³-hybridized carbons (Fsp3) is 0.200. The molecule has 0 saturated heterocycles. The molecule has 0 radical (unpaired) electrons. The smallest absolute Gasteiger partial charge is 0.260 e. The molecule has 1 aromatic heterocycles. The van der Waals surface area contributed by atoms with Crippen molar-refractivity contribution in [2.45, 2.75) is 13.5 Å². The predicted octanol–water partition coefficient (Wildman–Crippen LogP) is 2.52. The molecule has 1 heterocycles. The molecule has 1 aromatic carbocycles. The number of pyridine rings is 1. The molecule has 0 atom stereocenters. The van der Waals surface area contributed by atoms with Gasteiger partial charge in [0.2, 0.25) is 0 Å². The molecule has 0 bridgehead atoms. The highest BCUT2D eigenvalue weighted by molar-refractivity contribution is 5.95. The van der Waals surface area contributed by atoms with E-state index in [2.05, 4.69) is 4.98 Å². The van der Waals surface area contributed by atoms with Gasteiger partial charge in [0.15, 0.2) is 5.82 Å². The summed E-state index contributed by atoms with van der Waals surface area (Å²) < 4.78 is 27.5. The molecule has 2 rings (SSSR count). The molecule has 2 aromatic rings. The van der Waals surface area contributed by atoms with Gasteiger partial charge in [-0.2, -0.15) is 0 Å². The van der Waals surface area contributed by atoms with Gasteiger partial charge < -0.3 is 10.6 Å². The molecule has 110 valence electrons. The maximum atomic E-state index is 13.8. The molecule has 0 aliphatic heterocycles.